The van der Waals surface area contributed by atoms with Crippen LogP contribution in [-0.4, -0.2) is 43.2 Å². The minimum Gasteiger partial charge on any atom is -0.497 e. The summed E-state index contributed by atoms with van der Waals surface area (Å²) in [6, 6.07) is 8.70. The minimum absolute atomic E-state index is 0.0415. The highest BCUT2D eigenvalue weighted by atomic mass is 16.5. The molecule has 0 radical (unpaired) electrons. The van der Waals surface area contributed by atoms with E-state index in [-0.39, 0.29) is 6.10 Å². The van der Waals surface area contributed by atoms with Crippen LogP contribution in [0.3, 0.4) is 0 Å². The highest BCUT2D eigenvalue weighted by Crippen LogP contribution is 2.43. The van der Waals surface area contributed by atoms with Gasteiger partial charge in [0.2, 0.25) is 0 Å². The molecule has 0 saturated carbocycles. The molecule has 138 valence electrons. The van der Waals surface area contributed by atoms with Crippen LogP contribution in [0.4, 0.5) is 0 Å². The van der Waals surface area contributed by atoms with Crippen molar-refractivity contribution in [3.63, 3.8) is 0 Å². The highest BCUT2D eigenvalue weighted by Gasteiger charge is 2.43. The number of fused-ring (bicyclic) bond motifs is 4. The molecule has 0 spiro atoms. The zero-order chi connectivity index (χ0) is 18.3. The van der Waals surface area contributed by atoms with Crippen molar-refractivity contribution in [2.45, 2.75) is 31.9 Å². The van der Waals surface area contributed by atoms with Gasteiger partial charge in [0, 0.05) is 30.8 Å². The molecular formula is C22H28N2O2. The van der Waals surface area contributed by atoms with Crippen LogP contribution in [0.15, 0.2) is 36.9 Å². The number of hydrogen-bond acceptors (Lipinski definition) is 4. The summed E-state index contributed by atoms with van der Waals surface area (Å²) in [4.78, 5) is 7.31. The van der Waals surface area contributed by atoms with Gasteiger partial charge in [-0.3, -0.25) is 9.88 Å². The molecule has 3 aliphatic rings. The standard InChI is InChI=1S/C22H28N2O2/c1-5-15-13-24-9-8-16(15)11-21(24)22(26-4)19-10-14(2)23-20-7-6-17(25-3)12-18(19)20/h5-7,10,12,15-16,21-22H,1,8-9,11,13H2,2-4H3/t15-,16-,21+,22+/m0/s1. The Kier molecular flexibility index (Phi) is 4.72. The summed E-state index contributed by atoms with van der Waals surface area (Å²) >= 11 is 0. The van der Waals surface area contributed by atoms with Crippen molar-refractivity contribution in [2.75, 3.05) is 27.3 Å². The number of pyridine rings is 1. The quantitative estimate of drug-likeness (QED) is 0.758. The van der Waals surface area contributed by atoms with Gasteiger partial charge in [0.1, 0.15) is 5.75 Å². The summed E-state index contributed by atoms with van der Waals surface area (Å²) in [6.07, 6.45) is 4.63. The van der Waals surface area contributed by atoms with E-state index in [9.17, 15) is 0 Å². The number of piperidine rings is 3. The van der Waals surface area contributed by atoms with Crippen LogP contribution in [0, 0.1) is 18.8 Å². The number of aromatic nitrogens is 1. The van der Waals surface area contributed by atoms with E-state index in [1.807, 2.05) is 19.2 Å². The number of methoxy groups -OCH3 is 2. The molecule has 3 aliphatic heterocycles. The first-order valence-electron chi connectivity index (χ1n) is 9.49. The van der Waals surface area contributed by atoms with Crippen molar-refractivity contribution in [1.29, 1.82) is 0 Å². The van der Waals surface area contributed by atoms with Gasteiger partial charge in [0.05, 0.1) is 18.7 Å². The maximum absolute atomic E-state index is 6.10. The number of hydrogen-bond donors (Lipinski definition) is 0. The van der Waals surface area contributed by atoms with Gasteiger partial charge < -0.3 is 9.47 Å². The lowest BCUT2D eigenvalue weighted by molar-refractivity contribution is -0.0601. The predicted molar refractivity (Wildman–Crippen MR) is 105 cm³/mol. The van der Waals surface area contributed by atoms with Crippen LogP contribution in [0.2, 0.25) is 0 Å². The zero-order valence-electron chi connectivity index (χ0n) is 15.9. The number of rotatable bonds is 5. The fraction of sp³-hybridized carbons (Fsp3) is 0.500. The normalized spacial score (nSPS) is 28.9. The van der Waals surface area contributed by atoms with E-state index in [1.54, 1.807) is 7.11 Å². The minimum atomic E-state index is 0.0415. The van der Waals surface area contributed by atoms with Crippen LogP contribution in [0.25, 0.3) is 10.9 Å². The molecule has 0 aliphatic carbocycles. The third kappa shape index (κ3) is 2.91. The monoisotopic (exact) mass is 352 g/mol. The lowest BCUT2D eigenvalue weighted by Crippen LogP contribution is -2.55. The Morgan fingerprint density at radius 2 is 2.15 bits per heavy atom. The molecule has 1 aromatic carbocycles. The Hall–Kier alpha value is -1.91. The van der Waals surface area contributed by atoms with Crippen molar-refractivity contribution < 1.29 is 9.47 Å². The maximum Gasteiger partial charge on any atom is 0.119 e. The fourth-order valence-corrected chi connectivity index (χ4v) is 4.91. The van der Waals surface area contributed by atoms with Crippen LogP contribution in [-0.2, 0) is 4.74 Å². The Morgan fingerprint density at radius 3 is 2.81 bits per heavy atom. The molecular weight excluding hydrogens is 324 g/mol. The van der Waals surface area contributed by atoms with Gasteiger partial charge in [0.25, 0.3) is 0 Å². The summed E-state index contributed by atoms with van der Waals surface area (Å²) in [7, 11) is 3.54. The lowest BCUT2D eigenvalue weighted by Gasteiger charge is -2.51. The summed E-state index contributed by atoms with van der Waals surface area (Å²) < 4.78 is 11.6. The van der Waals surface area contributed by atoms with Crippen molar-refractivity contribution in [2.24, 2.45) is 11.8 Å². The van der Waals surface area contributed by atoms with Crippen molar-refractivity contribution in [3.8, 4) is 5.75 Å². The Labute approximate surface area is 155 Å². The first kappa shape index (κ1) is 17.5. The van der Waals surface area contributed by atoms with E-state index in [4.69, 9.17) is 14.5 Å². The van der Waals surface area contributed by atoms with Gasteiger partial charge in [-0.1, -0.05) is 6.08 Å². The maximum atomic E-state index is 6.10. The molecule has 26 heavy (non-hydrogen) atoms. The number of aryl methyl sites for hydroxylation is 1. The first-order chi connectivity index (χ1) is 12.6. The van der Waals surface area contributed by atoms with Crippen LogP contribution in [0.5, 0.6) is 5.75 Å². The average molecular weight is 352 g/mol. The average Bonchev–Trinajstić information content (AvgIpc) is 2.68. The number of benzene rings is 1. The third-order valence-corrected chi connectivity index (χ3v) is 6.24. The Bertz CT molecular complexity index is 819. The first-order valence-corrected chi connectivity index (χ1v) is 9.49. The number of ether oxygens (including phenoxy) is 2. The van der Waals surface area contributed by atoms with E-state index < -0.39 is 0 Å². The van der Waals surface area contributed by atoms with Gasteiger partial charge in [-0.15, -0.1) is 6.58 Å². The van der Waals surface area contributed by atoms with Gasteiger partial charge in [0.15, 0.2) is 0 Å². The summed E-state index contributed by atoms with van der Waals surface area (Å²) in [5, 5.41) is 1.13. The molecule has 0 N–H and O–H groups in total. The second kappa shape index (κ2) is 7.01. The highest BCUT2D eigenvalue weighted by molar-refractivity contribution is 5.84. The molecule has 1 unspecified atom stereocenters. The molecule has 5 rings (SSSR count). The molecule has 5 atom stereocenters. The van der Waals surface area contributed by atoms with Crippen molar-refractivity contribution in [1.82, 2.24) is 9.88 Å². The summed E-state index contributed by atoms with van der Waals surface area (Å²) in [5.74, 6) is 2.20. The van der Waals surface area contributed by atoms with Gasteiger partial charge >= 0.3 is 0 Å². The summed E-state index contributed by atoms with van der Waals surface area (Å²) in [6.45, 7) is 8.36. The molecule has 3 saturated heterocycles. The van der Waals surface area contributed by atoms with Gasteiger partial charge in [-0.25, -0.2) is 0 Å². The Morgan fingerprint density at radius 1 is 1.31 bits per heavy atom. The molecule has 2 bridgehead atoms. The molecule has 3 fully saturated rings. The van der Waals surface area contributed by atoms with Gasteiger partial charge in [-0.05, 0) is 68.0 Å². The molecule has 4 heteroatoms. The van der Waals surface area contributed by atoms with E-state index in [0.29, 0.717) is 12.0 Å². The topological polar surface area (TPSA) is 34.6 Å². The van der Waals surface area contributed by atoms with E-state index >= 15 is 0 Å². The zero-order valence-corrected chi connectivity index (χ0v) is 15.9. The molecule has 4 nitrogen and oxygen atoms in total. The van der Waals surface area contributed by atoms with Crippen molar-refractivity contribution in [3.05, 3.63) is 48.2 Å². The largest absolute Gasteiger partial charge is 0.497 e. The van der Waals surface area contributed by atoms with Gasteiger partial charge in [-0.2, -0.15) is 0 Å². The predicted octanol–water partition coefficient (Wildman–Crippen LogP) is 4.14. The van der Waals surface area contributed by atoms with Crippen LogP contribution < -0.4 is 4.74 Å². The second-order valence-corrected chi connectivity index (χ2v) is 7.64. The second-order valence-electron chi connectivity index (χ2n) is 7.64. The van der Waals surface area contributed by atoms with Crippen LogP contribution in [0.1, 0.15) is 30.2 Å². The van der Waals surface area contributed by atoms with E-state index in [2.05, 4.69) is 36.6 Å². The SMILES string of the molecule is C=C[C@H]1CN2CC[C@H]1C[C@@H]2[C@H](OC)c1cc(C)nc2ccc(OC)cc12. The smallest absolute Gasteiger partial charge is 0.119 e. The Balaban J connectivity index is 1.76. The molecule has 1 aromatic heterocycles. The van der Waals surface area contributed by atoms with E-state index in [0.717, 1.165) is 41.4 Å². The van der Waals surface area contributed by atoms with Crippen LogP contribution >= 0.6 is 0 Å². The van der Waals surface area contributed by atoms with E-state index in [1.165, 1.54) is 18.4 Å². The fourth-order valence-electron chi connectivity index (χ4n) is 4.91. The number of nitrogens with zero attached hydrogens (tertiary/aromatic N) is 2. The molecule has 0 amide bonds. The lowest BCUT2D eigenvalue weighted by atomic mass is 9.73. The molecule has 2 aromatic rings. The van der Waals surface area contributed by atoms with Crippen molar-refractivity contribution >= 4 is 10.9 Å². The molecule has 4 heterocycles. The summed E-state index contributed by atoms with van der Waals surface area (Å²) in [5.41, 5.74) is 3.25. The third-order valence-electron chi connectivity index (χ3n) is 6.24.